The van der Waals surface area contributed by atoms with Gasteiger partial charge in [0.25, 0.3) is 0 Å². The summed E-state index contributed by atoms with van der Waals surface area (Å²) in [4.78, 5) is 11.7. The number of piperidine rings is 1. The van der Waals surface area contributed by atoms with E-state index in [0.717, 1.165) is 48.9 Å². The van der Waals surface area contributed by atoms with Gasteiger partial charge in [-0.3, -0.25) is 14.6 Å². The standard InChI is InChI=1S/C23H30N6/c1-4-29-16-20(18(3)27-29)15-28-12-6-8-19(14-28)22-10-9-21(13-25-22)26-23-17(2)7-5-11-24-23/h5,7,9-11,13,16,19H,4,6,8,12,14-15H2,1-3H3,(H,24,26). The molecule has 1 unspecified atom stereocenters. The number of likely N-dealkylation sites (tertiary alicyclic amines) is 1. The van der Waals surface area contributed by atoms with Gasteiger partial charge in [-0.25, -0.2) is 4.98 Å². The number of anilines is 2. The lowest BCUT2D eigenvalue weighted by atomic mass is 9.94. The van der Waals surface area contributed by atoms with Crippen LogP contribution in [0.4, 0.5) is 11.5 Å². The summed E-state index contributed by atoms with van der Waals surface area (Å²) >= 11 is 0. The van der Waals surface area contributed by atoms with Gasteiger partial charge in [-0.05, 0) is 63.9 Å². The molecule has 6 heteroatoms. The van der Waals surface area contributed by atoms with Crippen LogP contribution in [0.1, 0.15) is 48.2 Å². The quantitative estimate of drug-likeness (QED) is 0.675. The minimum Gasteiger partial charge on any atom is -0.339 e. The molecule has 1 saturated heterocycles. The summed E-state index contributed by atoms with van der Waals surface area (Å²) in [5.41, 5.74) is 5.77. The normalized spacial score (nSPS) is 17.4. The van der Waals surface area contributed by atoms with Crippen molar-refractivity contribution in [3.8, 4) is 0 Å². The summed E-state index contributed by atoms with van der Waals surface area (Å²) in [6.45, 7) is 10.4. The second-order valence-electron chi connectivity index (χ2n) is 7.94. The zero-order chi connectivity index (χ0) is 20.2. The van der Waals surface area contributed by atoms with Gasteiger partial charge in [0.1, 0.15) is 5.82 Å². The molecule has 1 N–H and O–H groups in total. The molecule has 4 heterocycles. The highest BCUT2D eigenvalue weighted by Crippen LogP contribution is 2.28. The van der Waals surface area contributed by atoms with Gasteiger partial charge >= 0.3 is 0 Å². The number of hydrogen-bond donors (Lipinski definition) is 1. The van der Waals surface area contributed by atoms with Gasteiger partial charge < -0.3 is 5.32 Å². The smallest absolute Gasteiger partial charge is 0.133 e. The molecule has 1 aliphatic rings. The van der Waals surface area contributed by atoms with Crippen LogP contribution in [0.3, 0.4) is 0 Å². The maximum absolute atomic E-state index is 4.77. The number of nitrogens with one attached hydrogen (secondary N) is 1. The maximum Gasteiger partial charge on any atom is 0.133 e. The zero-order valence-corrected chi connectivity index (χ0v) is 17.6. The average Bonchev–Trinajstić information content (AvgIpc) is 3.10. The molecular formula is C23H30N6. The predicted molar refractivity (Wildman–Crippen MR) is 116 cm³/mol. The van der Waals surface area contributed by atoms with Crippen LogP contribution < -0.4 is 5.32 Å². The molecule has 1 fully saturated rings. The fourth-order valence-electron chi connectivity index (χ4n) is 4.03. The number of nitrogens with zero attached hydrogens (tertiary/aromatic N) is 5. The lowest BCUT2D eigenvalue weighted by Gasteiger charge is -2.32. The first kappa shape index (κ1) is 19.6. The minimum absolute atomic E-state index is 0.482. The molecular weight excluding hydrogens is 360 g/mol. The van der Waals surface area contributed by atoms with Crippen molar-refractivity contribution in [3.05, 3.63) is 65.4 Å². The van der Waals surface area contributed by atoms with Crippen molar-refractivity contribution in [1.82, 2.24) is 24.6 Å². The Bertz CT molecular complexity index is 946. The molecule has 1 aliphatic heterocycles. The summed E-state index contributed by atoms with van der Waals surface area (Å²) in [6.07, 6.45) is 8.33. The molecule has 0 amide bonds. The summed E-state index contributed by atoms with van der Waals surface area (Å²) in [5.74, 6) is 1.37. The Kier molecular flexibility index (Phi) is 5.90. The van der Waals surface area contributed by atoms with E-state index in [0.29, 0.717) is 5.92 Å². The van der Waals surface area contributed by atoms with Crippen molar-refractivity contribution in [1.29, 1.82) is 0 Å². The summed E-state index contributed by atoms with van der Waals surface area (Å²) in [7, 11) is 0. The van der Waals surface area contributed by atoms with E-state index in [1.54, 1.807) is 6.20 Å². The van der Waals surface area contributed by atoms with Gasteiger partial charge in [0, 0.05) is 49.2 Å². The molecule has 1 atom stereocenters. The van der Waals surface area contributed by atoms with E-state index in [1.165, 1.54) is 24.1 Å². The van der Waals surface area contributed by atoms with Gasteiger partial charge in [-0.1, -0.05) is 6.07 Å². The second kappa shape index (κ2) is 8.74. The van der Waals surface area contributed by atoms with Crippen molar-refractivity contribution in [2.75, 3.05) is 18.4 Å². The van der Waals surface area contributed by atoms with Crippen LogP contribution in [0.5, 0.6) is 0 Å². The number of pyridine rings is 2. The molecule has 0 aromatic carbocycles. The van der Waals surface area contributed by atoms with Crippen LogP contribution in [0.2, 0.25) is 0 Å². The Balaban J connectivity index is 1.40. The monoisotopic (exact) mass is 390 g/mol. The number of rotatable bonds is 6. The highest BCUT2D eigenvalue weighted by atomic mass is 15.3. The Labute approximate surface area is 173 Å². The van der Waals surface area contributed by atoms with Crippen molar-refractivity contribution in [3.63, 3.8) is 0 Å². The summed E-state index contributed by atoms with van der Waals surface area (Å²) < 4.78 is 2.03. The highest BCUT2D eigenvalue weighted by molar-refractivity contribution is 5.57. The predicted octanol–water partition coefficient (Wildman–Crippen LogP) is 4.43. The molecule has 0 saturated carbocycles. The minimum atomic E-state index is 0.482. The van der Waals surface area contributed by atoms with E-state index < -0.39 is 0 Å². The van der Waals surface area contributed by atoms with Crippen LogP contribution in [0.15, 0.2) is 42.9 Å². The second-order valence-corrected chi connectivity index (χ2v) is 7.94. The summed E-state index contributed by atoms with van der Waals surface area (Å²) in [5, 5.41) is 7.95. The Hall–Kier alpha value is -2.73. The third kappa shape index (κ3) is 4.65. The van der Waals surface area contributed by atoms with E-state index in [2.05, 4.69) is 65.5 Å². The number of aryl methyl sites for hydroxylation is 3. The molecule has 0 bridgehead atoms. The van der Waals surface area contributed by atoms with Gasteiger partial charge in [0.15, 0.2) is 0 Å². The third-order valence-electron chi connectivity index (χ3n) is 5.75. The van der Waals surface area contributed by atoms with E-state index in [1.807, 2.05) is 16.9 Å². The van der Waals surface area contributed by atoms with E-state index >= 15 is 0 Å². The highest BCUT2D eigenvalue weighted by Gasteiger charge is 2.23. The largest absolute Gasteiger partial charge is 0.339 e. The fourth-order valence-corrected chi connectivity index (χ4v) is 4.03. The topological polar surface area (TPSA) is 58.9 Å². The van der Waals surface area contributed by atoms with Gasteiger partial charge in [0.2, 0.25) is 0 Å². The van der Waals surface area contributed by atoms with Crippen LogP contribution in [-0.2, 0) is 13.1 Å². The third-order valence-corrected chi connectivity index (χ3v) is 5.75. The molecule has 6 nitrogen and oxygen atoms in total. The van der Waals surface area contributed by atoms with Crippen molar-refractivity contribution in [2.45, 2.75) is 52.6 Å². The molecule has 3 aromatic heterocycles. The van der Waals surface area contributed by atoms with Crippen molar-refractivity contribution >= 4 is 11.5 Å². The molecule has 0 spiro atoms. The van der Waals surface area contributed by atoms with Gasteiger partial charge in [0.05, 0.1) is 17.6 Å². The van der Waals surface area contributed by atoms with Crippen LogP contribution in [0, 0.1) is 13.8 Å². The lowest BCUT2D eigenvalue weighted by molar-refractivity contribution is 0.198. The molecule has 29 heavy (non-hydrogen) atoms. The Morgan fingerprint density at radius 1 is 1.17 bits per heavy atom. The molecule has 0 radical (unpaired) electrons. The maximum atomic E-state index is 4.77. The molecule has 152 valence electrons. The Morgan fingerprint density at radius 3 is 2.79 bits per heavy atom. The number of aromatic nitrogens is 4. The first-order valence-electron chi connectivity index (χ1n) is 10.5. The van der Waals surface area contributed by atoms with E-state index in [-0.39, 0.29) is 0 Å². The molecule has 0 aliphatic carbocycles. The molecule has 3 aromatic rings. The first-order chi connectivity index (χ1) is 14.1. The SMILES string of the molecule is CCn1cc(CN2CCCC(c3ccc(Nc4ncccc4C)cn3)C2)c(C)n1. The Morgan fingerprint density at radius 2 is 2.07 bits per heavy atom. The van der Waals surface area contributed by atoms with Gasteiger partial charge in [-0.2, -0.15) is 5.10 Å². The van der Waals surface area contributed by atoms with Crippen LogP contribution >= 0.6 is 0 Å². The first-order valence-corrected chi connectivity index (χ1v) is 10.5. The average molecular weight is 391 g/mol. The summed E-state index contributed by atoms with van der Waals surface area (Å²) in [6, 6.07) is 8.28. The van der Waals surface area contributed by atoms with E-state index in [4.69, 9.17) is 4.98 Å². The van der Waals surface area contributed by atoms with Crippen molar-refractivity contribution < 1.29 is 0 Å². The molecule has 4 rings (SSSR count). The van der Waals surface area contributed by atoms with Crippen LogP contribution in [0.25, 0.3) is 0 Å². The fraction of sp³-hybridized carbons (Fsp3) is 0.435. The number of hydrogen-bond acceptors (Lipinski definition) is 5. The van der Waals surface area contributed by atoms with Crippen molar-refractivity contribution in [2.24, 2.45) is 0 Å². The van der Waals surface area contributed by atoms with E-state index in [9.17, 15) is 0 Å². The zero-order valence-electron chi connectivity index (χ0n) is 17.6. The van der Waals surface area contributed by atoms with Crippen LogP contribution in [-0.4, -0.2) is 37.7 Å². The lowest BCUT2D eigenvalue weighted by Crippen LogP contribution is -2.34. The van der Waals surface area contributed by atoms with Gasteiger partial charge in [-0.15, -0.1) is 0 Å².